The van der Waals surface area contributed by atoms with Gasteiger partial charge >= 0.3 is 0 Å². The highest BCUT2D eigenvalue weighted by Crippen LogP contribution is 2.32. The number of fused-ring (bicyclic) bond motifs is 1. The number of carbonyl (C=O) groups excluding carboxylic acids is 1. The Labute approximate surface area is 182 Å². The number of rotatable bonds is 7. The van der Waals surface area contributed by atoms with Gasteiger partial charge in [0.05, 0.1) is 12.8 Å². The Bertz CT molecular complexity index is 1180. The molecule has 8 nitrogen and oxygen atoms in total. The van der Waals surface area contributed by atoms with E-state index < -0.39 is 12.0 Å². The third-order valence-electron chi connectivity index (χ3n) is 4.79. The largest absolute Gasteiger partial charge is 0.486 e. The van der Waals surface area contributed by atoms with E-state index in [1.165, 1.54) is 29.0 Å². The molecule has 32 heavy (non-hydrogen) atoms. The number of amides is 1. The summed E-state index contributed by atoms with van der Waals surface area (Å²) in [5.74, 6) is 0.431. The molecule has 2 heterocycles. The summed E-state index contributed by atoms with van der Waals surface area (Å²) < 4.78 is 31.0. The molecule has 0 fully saturated rings. The molecule has 0 saturated carbocycles. The number of nitrogens with one attached hydrogen (secondary N) is 1. The first-order valence-corrected chi connectivity index (χ1v) is 9.93. The SMILES string of the molecule is O=C(Cn1cc(OCc2ccc(F)cc2)c(=O)cc1CO)Nc1ccc2c(c1)OCCO2. The molecular formula is C23H21FN2O6. The average Bonchev–Trinajstić information content (AvgIpc) is 2.80. The van der Waals surface area contributed by atoms with Crippen LogP contribution in [0.3, 0.4) is 0 Å². The highest BCUT2D eigenvalue weighted by atomic mass is 19.1. The van der Waals surface area contributed by atoms with Gasteiger partial charge in [-0.2, -0.15) is 0 Å². The molecule has 9 heteroatoms. The summed E-state index contributed by atoms with van der Waals surface area (Å²) in [6.07, 6.45) is 1.38. The Kier molecular flexibility index (Phi) is 6.37. The highest BCUT2D eigenvalue weighted by Gasteiger charge is 2.14. The van der Waals surface area contributed by atoms with Gasteiger partial charge in [0.25, 0.3) is 0 Å². The Morgan fingerprint density at radius 3 is 2.59 bits per heavy atom. The normalized spacial score (nSPS) is 12.3. The van der Waals surface area contributed by atoms with E-state index >= 15 is 0 Å². The van der Waals surface area contributed by atoms with Crippen LogP contribution >= 0.6 is 0 Å². The van der Waals surface area contributed by atoms with Crippen LogP contribution in [-0.4, -0.2) is 28.8 Å². The fourth-order valence-electron chi connectivity index (χ4n) is 3.20. The van der Waals surface area contributed by atoms with Crippen molar-refractivity contribution < 1.29 is 28.5 Å². The number of pyridine rings is 1. The quantitative estimate of drug-likeness (QED) is 0.586. The van der Waals surface area contributed by atoms with Crippen molar-refractivity contribution in [3.63, 3.8) is 0 Å². The Balaban J connectivity index is 1.46. The zero-order valence-corrected chi connectivity index (χ0v) is 17.0. The summed E-state index contributed by atoms with van der Waals surface area (Å²) in [4.78, 5) is 24.9. The number of aliphatic hydroxyl groups excluding tert-OH is 1. The van der Waals surface area contributed by atoms with Gasteiger partial charge in [-0.05, 0) is 29.8 Å². The predicted octanol–water partition coefficient (Wildman–Crippen LogP) is 2.47. The zero-order chi connectivity index (χ0) is 22.5. The summed E-state index contributed by atoms with van der Waals surface area (Å²) in [7, 11) is 0. The summed E-state index contributed by atoms with van der Waals surface area (Å²) in [6.45, 7) is 0.378. The zero-order valence-electron chi connectivity index (χ0n) is 17.0. The van der Waals surface area contributed by atoms with Crippen molar-refractivity contribution in [2.75, 3.05) is 18.5 Å². The molecule has 166 valence electrons. The molecule has 0 saturated heterocycles. The number of anilines is 1. The molecule has 3 aromatic rings. The molecule has 0 atom stereocenters. The van der Waals surface area contributed by atoms with Crippen LogP contribution in [0, 0.1) is 5.82 Å². The third-order valence-corrected chi connectivity index (χ3v) is 4.79. The molecule has 2 aromatic carbocycles. The van der Waals surface area contributed by atoms with Gasteiger partial charge in [0, 0.05) is 23.5 Å². The number of halogens is 1. The van der Waals surface area contributed by atoms with Crippen molar-refractivity contribution in [2.45, 2.75) is 19.8 Å². The van der Waals surface area contributed by atoms with Crippen molar-refractivity contribution in [2.24, 2.45) is 0 Å². The van der Waals surface area contributed by atoms with E-state index in [1.54, 1.807) is 30.3 Å². The van der Waals surface area contributed by atoms with Crippen molar-refractivity contribution in [1.29, 1.82) is 0 Å². The number of hydrogen-bond acceptors (Lipinski definition) is 6. The number of nitrogens with zero attached hydrogens (tertiary/aromatic N) is 1. The lowest BCUT2D eigenvalue weighted by Crippen LogP contribution is -2.23. The maximum absolute atomic E-state index is 13.0. The molecule has 2 N–H and O–H groups in total. The standard InChI is InChI=1S/C23H21FN2O6/c24-16-3-1-15(2-4-16)14-32-22-11-26(18(13-27)10-19(22)28)12-23(29)25-17-5-6-20-21(9-17)31-8-7-30-20/h1-6,9-11,27H,7-8,12-14H2,(H,25,29). The molecule has 0 unspecified atom stereocenters. The van der Waals surface area contributed by atoms with Crippen LogP contribution in [0.1, 0.15) is 11.3 Å². The smallest absolute Gasteiger partial charge is 0.244 e. The van der Waals surface area contributed by atoms with Crippen molar-refractivity contribution >= 4 is 11.6 Å². The predicted molar refractivity (Wildman–Crippen MR) is 113 cm³/mol. The maximum atomic E-state index is 13.0. The first kappa shape index (κ1) is 21.4. The fraction of sp³-hybridized carbons (Fsp3) is 0.217. The van der Waals surface area contributed by atoms with Crippen LogP contribution in [0.5, 0.6) is 17.2 Å². The Morgan fingerprint density at radius 1 is 1.09 bits per heavy atom. The molecule has 1 aliphatic rings. The molecule has 0 aliphatic carbocycles. The molecule has 1 aliphatic heterocycles. The van der Waals surface area contributed by atoms with Gasteiger partial charge in [0.1, 0.15) is 32.2 Å². The molecule has 1 amide bonds. The Hall–Kier alpha value is -3.85. The summed E-state index contributed by atoms with van der Waals surface area (Å²) in [5.41, 5.74) is 1.04. The average molecular weight is 440 g/mol. The number of aliphatic hydroxyl groups is 1. The fourth-order valence-corrected chi connectivity index (χ4v) is 3.20. The van der Waals surface area contributed by atoms with Crippen molar-refractivity contribution in [1.82, 2.24) is 4.57 Å². The molecule has 0 spiro atoms. The molecule has 4 rings (SSSR count). The van der Waals surface area contributed by atoms with Crippen LogP contribution in [-0.2, 0) is 24.6 Å². The Morgan fingerprint density at radius 2 is 1.84 bits per heavy atom. The maximum Gasteiger partial charge on any atom is 0.244 e. The molecule has 0 bridgehead atoms. The lowest BCUT2D eigenvalue weighted by atomic mass is 10.2. The summed E-state index contributed by atoms with van der Waals surface area (Å²) in [6, 6.07) is 12.0. The minimum atomic E-state index is -0.431. The van der Waals surface area contributed by atoms with E-state index in [2.05, 4.69) is 5.32 Å². The van der Waals surface area contributed by atoms with E-state index in [0.29, 0.717) is 36.0 Å². The number of hydrogen-bond donors (Lipinski definition) is 2. The summed E-state index contributed by atoms with van der Waals surface area (Å²) >= 11 is 0. The first-order chi connectivity index (χ1) is 15.5. The van der Waals surface area contributed by atoms with Gasteiger partial charge in [-0.1, -0.05) is 12.1 Å². The lowest BCUT2D eigenvalue weighted by Gasteiger charge is -2.19. The van der Waals surface area contributed by atoms with Crippen LogP contribution < -0.4 is 25.0 Å². The van der Waals surface area contributed by atoms with Gasteiger partial charge in [-0.3, -0.25) is 9.59 Å². The van der Waals surface area contributed by atoms with E-state index in [9.17, 15) is 19.1 Å². The van der Waals surface area contributed by atoms with Gasteiger partial charge in [-0.15, -0.1) is 0 Å². The van der Waals surface area contributed by atoms with Gasteiger partial charge in [0.2, 0.25) is 11.3 Å². The molecule has 0 radical (unpaired) electrons. The van der Waals surface area contributed by atoms with E-state index in [-0.39, 0.29) is 36.3 Å². The second-order valence-electron chi connectivity index (χ2n) is 7.10. The minimum Gasteiger partial charge on any atom is -0.486 e. The number of aromatic nitrogens is 1. The van der Waals surface area contributed by atoms with Crippen LogP contribution in [0.4, 0.5) is 10.1 Å². The molecule has 1 aromatic heterocycles. The molecular weight excluding hydrogens is 419 g/mol. The van der Waals surface area contributed by atoms with E-state index in [1.807, 2.05) is 0 Å². The van der Waals surface area contributed by atoms with Gasteiger partial charge in [0.15, 0.2) is 17.2 Å². The van der Waals surface area contributed by atoms with Crippen LogP contribution in [0.15, 0.2) is 59.5 Å². The van der Waals surface area contributed by atoms with Gasteiger partial charge in [-0.25, -0.2) is 4.39 Å². The monoisotopic (exact) mass is 440 g/mol. The van der Waals surface area contributed by atoms with Crippen LogP contribution in [0.25, 0.3) is 0 Å². The van der Waals surface area contributed by atoms with Gasteiger partial charge < -0.3 is 29.2 Å². The number of ether oxygens (including phenoxy) is 3. The van der Waals surface area contributed by atoms with Crippen molar-refractivity contribution in [3.05, 3.63) is 82.0 Å². The topological polar surface area (TPSA) is 99.0 Å². The first-order valence-electron chi connectivity index (χ1n) is 9.93. The number of carbonyl (C=O) groups is 1. The number of benzene rings is 2. The van der Waals surface area contributed by atoms with E-state index in [0.717, 1.165) is 0 Å². The van der Waals surface area contributed by atoms with Crippen LogP contribution in [0.2, 0.25) is 0 Å². The van der Waals surface area contributed by atoms with E-state index in [4.69, 9.17) is 14.2 Å². The minimum absolute atomic E-state index is 0.0126. The summed E-state index contributed by atoms with van der Waals surface area (Å²) in [5, 5.41) is 12.4. The van der Waals surface area contributed by atoms with Crippen molar-refractivity contribution in [3.8, 4) is 17.2 Å². The third kappa shape index (κ3) is 5.06. The second kappa shape index (κ2) is 9.52. The highest BCUT2D eigenvalue weighted by molar-refractivity contribution is 5.91. The lowest BCUT2D eigenvalue weighted by molar-refractivity contribution is -0.116. The second-order valence-corrected chi connectivity index (χ2v) is 7.10.